The van der Waals surface area contributed by atoms with E-state index in [1.54, 1.807) is 0 Å². The molecule has 0 aromatic rings. The van der Waals surface area contributed by atoms with E-state index in [2.05, 4.69) is 21.0 Å². The van der Waals surface area contributed by atoms with Crippen molar-refractivity contribution in [1.82, 2.24) is 0 Å². The minimum Gasteiger partial charge on any atom is -0.393 e. The quantitative estimate of drug-likeness (QED) is 0.540. The van der Waals surface area contributed by atoms with Crippen LogP contribution >= 0.6 is 0 Å². The Kier molecular flexibility index (Phi) is 1.59. The molecule has 0 spiro atoms. The van der Waals surface area contributed by atoms with Gasteiger partial charge in [-0.2, -0.15) is 0 Å². The zero-order valence-electron chi connectivity index (χ0n) is 8.38. The average molecular weight is 170 g/mol. The molecule has 1 N–H and O–H groups in total. The van der Waals surface area contributed by atoms with Crippen LogP contribution in [0, 0.1) is 0 Å². The molecule has 3 atom stereocenters. The average Bonchev–Trinajstić information content (AvgIpc) is 2.16. The van der Waals surface area contributed by atoms with Gasteiger partial charge in [-0.15, -0.1) is 0 Å². The summed E-state index contributed by atoms with van der Waals surface area (Å²) in [7, 11) is 4.65. The SMILES string of the molecule is CC12CCC(CC(O)C1)[N+]2(C)C. The van der Waals surface area contributed by atoms with Crippen LogP contribution in [-0.2, 0) is 0 Å². The Labute approximate surface area is 74.8 Å². The van der Waals surface area contributed by atoms with Gasteiger partial charge in [0.2, 0.25) is 0 Å². The minimum atomic E-state index is -0.0337. The van der Waals surface area contributed by atoms with Crippen molar-refractivity contribution in [3.05, 3.63) is 0 Å². The number of aliphatic hydroxyl groups is 1. The number of aliphatic hydroxyl groups excluding tert-OH is 1. The third-order valence-corrected chi connectivity index (χ3v) is 4.54. The summed E-state index contributed by atoms with van der Waals surface area (Å²) in [6.45, 7) is 2.33. The zero-order valence-corrected chi connectivity index (χ0v) is 8.38. The van der Waals surface area contributed by atoms with Gasteiger partial charge >= 0.3 is 0 Å². The highest BCUT2D eigenvalue weighted by Crippen LogP contribution is 2.47. The van der Waals surface area contributed by atoms with Crippen molar-refractivity contribution in [2.45, 2.75) is 50.3 Å². The fourth-order valence-electron chi connectivity index (χ4n) is 3.15. The molecule has 0 aromatic heterocycles. The molecule has 2 fully saturated rings. The molecule has 12 heavy (non-hydrogen) atoms. The van der Waals surface area contributed by atoms with Gasteiger partial charge in [0.25, 0.3) is 0 Å². The Balaban J connectivity index is 2.31. The van der Waals surface area contributed by atoms with E-state index in [0.29, 0.717) is 11.6 Å². The first kappa shape index (κ1) is 8.52. The summed E-state index contributed by atoms with van der Waals surface area (Å²) in [5.41, 5.74) is 0.350. The molecule has 70 valence electrons. The van der Waals surface area contributed by atoms with Crippen LogP contribution in [0.2, 0.25) is 0 Å². The second-order valence-electron chi connectivity index (χ2n) is 5.32. The molecule has 2 nitrogen and oxygen atoms in total. The van der Waals surface area contributed by atoms with Gasteiger partial charge in [0.15, 0.2) is 0 Å². The monoisotopic (exact) mass is 170 g/mol. The molecule has 0 aromatic carbocycles. The first-order valence-corrected chi connectivity index (χ1v) is 4.97. The lowest BCUT2D eigenvalue weighted by Crippen LogP contribution is -2.62. The topological polar surface area (TPSA) is 20.2 Å². The Morgan fingerprint density at radius 2 is 2.08 bits per heavy atom. The second-order valence-corrected chi connectivity index (χ2v) is 5.32. The van der Waals surface area contributed by atoms with Crippen molar-refractivity contribution >= 4 is 0 Å². The predicted octanol–water partition coefficient (Wildman–Crippen LogP) is 1.14. The summed E-state index contributed by atoms with van der Waals surface area (Å²) in [6, 6.07) is 0.707. The summed E-state index contributed by atoms with van der Waals surface area (Å²) in [5, 5.41) is 9.68. The van der Waals surface area contributed by atoms with E-state index in [1.165, 1.54) is 12.8 Å². The number of hydrogen-bond donors (Lipinski definition) is 1. The number of nitrogens with zero attached hydrogens (tertiary/aromatic N) is 1. The van der Waals surface area contributed by atoms with Crippen molar-refractivity contribution in [3.63, 3.8) is 0 Å². The predicted molar refractivity (Wildman–Crippen MR) is 48.8 cm³/mol. The van der Waals surface area contributed by atoms with Crippen LogP contribution in [0.4, 0.5) is 0 Å². The van der Waals surface area contributed by atoms with Gasteiger partial charge in [0.05, 0.1) is 31.8 Å². The lowest BCUT2D eigenvalue weighted by Gasteiger charge is -2.49. The Bertz CT molecular complexity index is 202. The maximum absolute atomic E-state index is 9.68. The van der Waals surface area contributed by atoms with E-state index >= 15 is 0 Å². The Hall–Kier alpha value is -0.0800. The van der Waals surface area contributed by atoms with Crippen molar-refractivity contribution in [2.24, 2.45) is 0 Å². The van der Waals surface area contributed by atoms with Crippen LogP contribution in [-0.4, -0.2) is 41.4 Å². The largest absolute Gasteiger partial charge is 0.393 e. The molecular formula is C10H20NO+. The molecule has 2 aliphatic heterocycles. The summed E-state index contributed by atoms with van der Waals surface area (Å²) in [5.74, 6) is 0. The Morgan fingerprint density at radius 1 is 1.42 bits per heavy atom. The molecule has 2 aliphatic rings. The van der Waals surface area contributed by atoms with Gasteiger partial charge in [-0.3, -0.25) is 0 Å². The number of rotatable bonds is 0. The van der Waals surface area contributed by atoms with Crippen molar-refractivity contribution in [1.29, 1.82) is 0 Å². The molecule has 3 unspecified atom stereocenters. The van der Waals surface area contributed by atoms with Crippen molar-refractivity contribution < 1.29 is 9.59 Å². The van der Waals surface area contributed by atoms with E-state index in [9.17, 15) is 5.11 Å². The van der Waals surface area contributed by atoms with Crippen molar-refractivity contribution in [2.75, 3.05) is 14.1 Å². The molecule has 2 rings (SSSR count). The van der Waals surface area contributed by atoms with E-state index in [-0.39, 0.29) is 6.10 Å². The van der Waals surface area contributed by atoms with Crippen LogP contribution in [0.25, 0.3) is 0 Å². The van der Waals surface area contributed by atoms with Crippen LogP contribution in [0.3, 0.4) is 0 Å². The highest BCUT2D eigenvalue weighted by atomic mass is 16.3. The van der Waals surface area contributed by atoms with Crippen LogP contribution in [0.15, 0.2) is 0 Å². The number of hydrogen-bond acceptors (Lipinski definition) is 1. The first-order valence-electron chi connectivity index (χ1n) is 4.97. The number of fused-ring (bicyclic) bond motifs is 2. The van der Waals surface area contributed by atoms with Crippen LogP contribution < -0.4 is 0 Å². The fourth-order valence-corrected chi connectivity index (χ4v) is 3.15. The first-order chi connectivity index (χ1) is 5.46. The smallest absolute Gasteiger partial charge is 0.0989 e. The molecule has 2 saturated heterocycles. The van der Waals surface area contributed by atoms with E-state index < -0.39 is 0 Å². The summed E-state index contributed by atoms with van der Waals surface area (Å²) >= 11 is 0. The van der Waals surface area contributed by atoms with Crippen LogP contribution in [0.1, 0.15) is 32.6 Å². The van der Waals surface area contributed by atoms with E-state index in [0.717, 1.165) is 17.3 Å². The van der Waals surface area contributed by atoms with E-state index in [4.69, 9.17) is 0 Å². The molecule has 2 bridgehead atoms. The van der Waals surface area contributed by atoms with Crippen LogP contribution in [0.5, 0.6) is 0 Å². The van der Waals surface area contributed by atoms with Gasteiger partial charge in [-0.05, 0) is 6.92 Å². The third kappa shape index (κ3) is 0.882. The summed E-state index contributed by atoms with van der Waals surface area (Å²) in [6.07, 6.45) is 4.58. The number of quaternary nitrogens is 1. The molecule has 0 amide bonds. The molecule has 0 saturated carbocycles. The fraction of sp³-hybridized carbons (Fsp3) is 1.00. The molecule has 2 heteroatoms. The normalized spacial score (nSPS) is 51.0. The van der Waals surface area contributed by atoms with Gasteiger partial charge < -0.3 is 9.59 Å². The maximum atomic E-state index is 9.68. The summed E-state index contributed by atoms with van der Waals surface area (Å²) in [4.78, 5) is 0. The van der Waals surface area contributed by atoms with Gasteiger partial charge in [-0.1, -0.05) is 0 Å². The van der Waals surface area contributed by atoms with Gasteiger partial charge in [0, 0.05) is 25.7 Å². The molecule has 0 radical (unpaired) electrons. The second kappa shape index (κ2) is 2.24. The lowest BCUT2D eigenvalue weighted by molar-refractivity contribution is -0.955. The molecule has 0 aliphatic carbocycles. The highest BCUT2D eigenvalue weighted by molar-refractivity contribution is 4.93. The highest BCUT2D eigenvalue weighted by Gasteiger charge is 2.56. The zero-order chi connectivity index (χ0) is 8.98. The minimum absolute atomic E-state index is 0.0337. The molecule has 2 heterocycles. The van der Waals surface area contributed by atoms with E-state index in [1.807, 2.05) is 0 Å². The summed E-state index contributed by atoms with van der Waals surface area (Å²) < 4.78 is 1.13. The lowest BCUT2D eigenvalue weighted by atomic mass is 9.87. The van der Waals surface area contributed by atoms with Gasteiger partial charge in [0.1, 0.15) is 0 Å². The Morgan fingerprint density at radius 3 is 2.67 bits per heavy atom. The van der Waals surface area contributed by atoms with Gasteiger partial charge in [-0.25, -0.2) is 0 Å². The third-order valence-electron chi connectivity index (χ3n) is 4.54. The van der Waals surface area contributed by atoms with Crippen molar-refractivity contribution in [3.8, 4) is 0 Å². The standard InChI is InChI=1S/C10H20NO/c1-10-5-4-8(11(10,2)3)6-9(12)7-10/h8-9,12H,4-7H2,1-3H3/q+1. The maximum Gasteiger partial charge on any atom is 0.0989 e. The number of piperidine rings is 1. The molecular weight excluding hydrogens is 150 g/mol.